The maximum Gasteiger partial charge on any atom is 1.00 e. The Balaban J connectivity index is 0.000000720. The van der Waals surface area contributed by atoms with Crippen LogP contribution in [0.4, 0.5) is 0 Å². The van der Waals surface area contributed by atoms with Crippen LogP contribution < -0.4 is 35.1 Å². The van der Waals surface area contributed by atoms with Crippen molar-refractivity contribution in [2.75, 3.05) is 0 Å². The average molecular weight is 170 g/mol. The van der Waals surface area contributed by atoms with E-state index < -0.39 is 0 Å². The number of nitrogens with one attached hydrogen (secondary N) is 1. The van der Waals surface area contributed by atoms with Gasteiger partial charge in [-0.2, -0.15) is 0 Å². The van der Waals surface area contributed by atoms with Gasteiger partial charge in [0.25, 0.3) is 5.56 Å². The van der Waals surface area contributed by atoms with Gasteiger partial charge in [-0.15, -0.1) is 0 Å². The van der Waals surface area contributed by atoms with Gasteiger partial charge in [0.2, 0.25) is 0 Å². The van der Waals surface area contributed by atoms with Crippen molar-refractivity contribution in [3.8, 4) is 0 Å². The third-order valence-corrected chi connectivity index (χ3v) is 1.55. The number of hydrogen-bond acceptors (Lipinski definition) is 2. The molecule has 56 valence electrons. The molecule has 0 amide bonds. The van der Waals surface area contributed by atoms with Gasteiger partial charge in [0.1, 0.15) is 0 Å². The molecule has 4 heteroatoms. The molecule has 0 spiro atoms. The standard InChI is InChI=1S/C8H6N2O.Na.H/c11-8-6-3-1-2-4-7(6)9-5-10-8;;/h1-5H,(H,9,10,11);;/q;+1;-1. The van der Waals surface area contributed by atoms with E-state index in [1.807, 2.05) is 18.2 Å². The monoisotopic (exact) mass is 170 g/mol. The van der Waals surface area contributed by atoms with E-state index in [2.05, 4.69) is 9.97 Å². The number of rotatable bonds is 0. The largest absolute Gasteiger partial charge is 1.00 e. The fourth-order valence-electron chi connectivity index (χ4n) is 1.02. The fourth-order valence-corrected chi connectivity index (χ4v) is 1.02. The number of para-hydroxylation sites is 1. The second-order valence-electron chi connectivity index (χ2n) is 2.25. The van der Waals surface area contributed by atoms with Crippen LogP contribution in [0.25, 0.3) is 10.9 Å². The number of H-pyrrole nitrogens is 1. The number of nitrogens with zero attached hydrogens (tertiary/aromatic N) is 1. The Morgan fingerprint density at radius 2 is 2.08 bits per heavy atom. The van der Waals surface area contributed by atoms with Crippen molar-refractivity contribution in [1.29, 1.82) is 0 Å². The van der Waals surface area contributed by atoms with Crippen LogP contribution in [-0.2, 0) is 0 Å². The van der Waals surface area contributed by atoms with E-state index in [4.69, 9.17) is 0 Å². The average Bonchev–Trinajstić information content (AvgIpc) is 2.06. The van der Waals surface area contributed by atoms with E-state index in [0.29, 0.717) is 5.39 Å². The maximum atomic E-state index is 11.1. The molecule has 0 saturated heterocycles. The number of aromatic amines is 1. The minimum atomic E-state index is -0.0874. The first kappa shape index (κ1) is 9.45. The first-order valence-electron chi connectivity index (χ1n) is 3.30. The summed E-state index contributed by atoms with van der Waals surface area (Å²) in [4.78, 5) is 17.6. The summed E-state index contributed by atoms with van der Waals surface area (Å²) in [5.74, 6) is 0. The Hall–Kier alpha value is -0.640. The minimum Gasteiger partial charge on any atom is -1.00 e. The summed E-state index contributed by atoms with van der Waals surface area (Å²) in [7, 11) is 0. The molecule has 0 fully saturated rings. The van der Waals surface area contributed by atoms with Crippen LogP contribution in [0.1, 0.15) is 1.43 Å². The molecule has 0 radical (unpaired) electrons. The van der Waals surface area contributed by atoms with E-state index in [0.717, 1.165) is 5.52 Å². The van der Waals surface area contributed by atoms with Crippen molar-refractivity contribution >= 4 is 10.9 Å². The SMILES string of the molecule is O=c1[nH]cnc2ccccc12.[H-].[Na+]. The Labute approximate surface area is 92.6 Å². The van der Waals surface area contributed by atoms with Crippen molar-refractivity contribution in [1.82, 2.24) is 9.97 Å². The van der Waals surface area contributed by atoms with E-state index in [1.54, 1.807) is 6.07 Å². The van der Waals surface area contributed by atoms with Gasteiger partial charge in [-0.25, -0.2) is 4.98 Å². The molecule has 2 rings (SSSR count). The van der Waals surface area contributed by atoms with Crippen LogP contribution in [0.2, 0.25) is 0 Å². The third kappa shape index (κ3) is 1.58. The molecule has 0 unspecified atom stereocenters. The second-order valence-corrected chi connectivity index (χ2v) is 2.25. The van der Waals surface area contributed by atoms with E-state index in [1.165, 1.54) is 6.33 Å². The van der Waals surface area contributed by atoms with Gasteiger partial charge in [-0.1, -0.05) is 12.1 Å². The summed E-state index contributed by atoms with van der Waals surface area (Å²) >= 11 is 0. The number of aromatic nitrogens is 2. The molecule has 0 aliphatic rings. The van der Waals surface area contributed by atoms with Crippen molar-refractivity contribution in [2.45, 2.75) is 0 Å². The molecule has 1 N–H and O–H groups in total. The number of benzene rings is 1. The minimum absolute atomic E-state index is 0. The third-order valence-electron chi connectivity index (χ3n) is 1.55. The normalized spacial score (nSPS) is 9.33. The Bertz CT molecular complexity index is 438. The van der Waals surface area contributed by atoms with Gasteiger partial charge in [0, 0.05) is 0 Å². The number of hydrogen-bond donors (Lipinski definition) is 1. The van der Waals surface area contributed by atoms with Crippen molar-refractivity contribution in [3.63, 3.8) is 0 Å². The molecular weight excluding hydrogens is 163 g/mol. The second kappa shape index (κ2) is 3.85. The first-order valence-corrected chi connectivity index (χ1v) is 3.30. The predicted octanol–water partition coefficient (Wildman–Crippen LogP) is -1.96. The van der Waals surface area contributed by atoms with E-state index in [-0.39, 0.29) is 36.5 Å². The Kier molecular flexibility index (Phi) is 3.03. The van der Waals surface area contributed by atoms with Gasteiger partial charge in [-0.05, 0) is 12.1 Å². The van der Waals surface area contributed by atoms with E-state index in [9.17, 15) is 4.79 Å². The topological polar surface area (TPSA) is 45.8 Å². The van der Waals surface area contributed by atoms with Crippen LogP contribution in [0, 0.1) is 0 Å². The van der Waals surface area contributed by atoms with E-state index >= 15 is 0 Å². The molecule has 0 aliphatic carbocycles. The van der Waals surface area contributed by atoms with Gasteiger partial charge in [-0.3, -0.25) is 4.79 Å². The van der Waals surface area contributed by atoms with Crippen LogP contribution >= 0.6 is 0 Å². The predicted molar refractivity (Wildman–Crippen MR) is 43.5 cm³/mol. The van der Waals surface area contributed by atoms with Gasteiger partial charge in [0.05, 0.1) is 17.2 Å². The summed E-state index contributed by atoms with van der Waals surface area (Å²) in [5, 5.41) is 0.634. The molecule has 0 atom stereocenters. The Morgan fingerprint density at radius 3 is 2.83 bits per heavy atom. The molecule has 0 saturated carbocycles. The zero-order valence-electron chi connectivity index (χ0n) is 7.74. The first-order chi connectivity index (χ1) is 5.38. The molecule has 3 nitrogen and oxygen atoms in total. The zero-order chi connectivity index (χ0) is 7.68. The summed E-state index contributed by atoms with van der Waals surface area (Å²) in [6, 6.07) is 7.24. The molecule has 1 aromatic carbocycles. The smallest absolute Gasteiger partial charge is 1.00 e. The summed E-state index contributed by atoms with van der Waals surface area (Å²) in [6.07, 6.45) is 1.41. The Morgan fingerprint density at radius 1 is 1.33 bits per heavy atom. The zero-order valence-corrected chi connectivity index (χ0v) is 8.74. The molecule has 12 heavy (non-hydrogen) atoms. The number of fused-ring (bicyclic) bond motifs is 1. The molecule has 0 aliphatic heterocycles. The van der Waals surface area contributed by atoms with Gasteiger partial charge < -0.3 is 6.41 Å². The summed E-state index contributed by atoms with van der Waals surface area (Å²) in [5.41, 5.74) is 0.645. The summed E-state index contributed by atoms with van der Waals surface area (Å²) < 4.78 is 0. The van der Waals surface area contributed by atoms with Crippen LogP contribution in [0.5, 0.6) is 0 Å². The van der Waals surface area contributed by atoms with Crippen LogP contribution in [-0.4, -0.2) is 9.97 Å². The molecular formula is C8H7N2NaO. The van der Waals surface area contributed by atoms with Crippen molar-refractivity contribution in [3.05, 3.63) is 40.9 Å². The van der Waals surface area contributed by atoms with Crippen molar-refractivity contribution < 1.29 is 31.0 Å². The molecule has 0 bridgehead atoms. The van der Waals surface area contributed by atoms with Crippen LogP contribution in [0.15, 0.2) is 35.4 Å². The summed E-state index contributed by atoms with van der Waals surface area (Å²) in [6.45, 7) is 0. The van der Waals surface area contributed by atoms with Gasteiger partial charge >= 0.3 is 29.6 Å². The van der Waals surface area contributed by atoms with Crippen LogP contribution in [0.3, 0.4) is 0 Å². The molecule has 1 aromatic heterocycles. The van der Waals surface area contributed by atoms with Gasteiger partial charge in [0.15, 0.2) is 0 Å². The quantitative estimate of drug-likeness (QED) is 0.467. The molecule has 2 aromatic rings. The molecule has 1 heterocycles. The maximum absolute atomic E-state index is 11.1. The van der Waals surface area contributed by atoms with Crippen molar-refractivity contribution in [2.24, 2.45) is 0 Å². The fraction of sp³-hybridized carbons (Fsp3) is 0.